The molecule has 1 aliphatic rings. The molecule has 0 aromatic heterocycles. The van der Waals surface area contributed by atoms with Gasteiger partial charge in [-0.2, -0.15) is 0 Å². The fourth-order valence-corrected chi connectivity index (χ4v) is 2.37. The second-order valence-corrected chi connectivity index (χ2v) is 5.23. The third-order valence-electron chi connectivity index (χ3n) is 3.27. The van der Waals surface area contributed by atoms with Crippen LogP contribution in [0.15, 0.2) is 18.2 Å². The van der Waals surface area contributed by atoms with Crippen LogP contribution in [-0.2, 0) is 4.79 Å². The average molecular weight is 286 g/mol. The largest absolute Gasteiger partial charge is 0.481 e. The predicted molar refractivity (Wildman–Crippen MR) is 71.9 cm³/mol. The minimum atomic E-state index is -0.623. The summed E-state index contributed by atoms with van der Waals surface area (Å²) in [6, 6.07) is 4.31. The molecule has 5 heteroatoms. The second kappa shape index (κ2) is 6.24. The number of hydrogen-bond donors (Lipinski definition) is 1. The molecule has 0 radical (unpaired) electrons. The summed E-state index contributed by atoms with van der Waals surface area (Å²) in [7, 11) is 0. The summed E-state index contributed by atoms with van der Waals surface area (Å²) >= 11 is 5.66. The topological polar surface area (TPSA) is 38.3 Å². The van der Waals surface area contributed by atoms with E-state index in [9.17, 15) is 9.18 Å². The van der Waals surface area contributed by atoms with Crippen LogP contribution in [0, 0.1) is 5.82 Å². The number of halogens is 2. The van der Waals surface area contributed by atoms with Gasteiger partial charge in [-0.3, -0.25) is 4.79 Å². The average Bonchev–Trinajstić information content (AvgIpc) is 2.86. The molecule has 1 saturated carbocycles. The van der Waals surface area contributed by atoms with E-state index in [1.165, 1.54) is 18.2 Å². The van der Waals surface area contributed by atoms with Crippen molar-refractivity contribution in [2.45, 2.75) is 44.8 Å². The van der Waals surface area contributed by atoms with Gasteiger partial charge in [-0.1, -0.05) is 24.4 Å². The van der Waals surface area contributed by atoms with Gasteiger partial charge in [0.15, 0.2) is 6.10 Å². The van der Waals surface area contributed by atoms with Crippen LogP contribution in [0.3, 0.4) is 0 Å². The first-order chi connectivity index (χ1) is 9.06. The molecule has 0 unspecified atom stereocenters. The molecule has 0 heterocycles. The Bertz CT molecular complexity index is 461. The molecule has 19 heavy (non-hydrogen) atoms. The van der Waals surface area contributed by atoms with E-state index >= 15 is 0 Å². The fraction of sp³-hybridized carbons (Fsp3) is 0.500. The lowest BCUT2D eigenvalue weighted by Crippen LogP contribution is -2.41. The van der Waals surface area contributed by atoms with E-state index in [0.717, 1.165) is 25.7 Å². The van der Waals surface area contributed by atoms with Gasteiger partial charge in [-0.25, -0.2) is 4.39 Å². The summed E-state index contributed by atoms with van der Waals surface area (Å²) in [4.78, 5) is 11.9. The first-order valence-electron chi connectivity index (χ1n) is 6.48. The van der Waals surface area contributed by atoms with Crippen molar-refractivity contribution in [3.8, 4) is 5.75 Å². The van der Waals surface area contributed by atoms with Gasteiger partial charge >= 0.3 is 0 Å². The Morgan fingerprint density at radius 1 is 1.47 bits per heavy atom. The summed E-state index contributed by atoms with van der Waals surface area (Å²) in [6.45, 7) is 1.67. The van der Waals surface area contributed by atoms with Gasteiger partial charge < -0.3 is 10.1 Å². The van der Waals surface area contributed by atoms with Gasteiger partial charge in [-0.15, -0.1) is 0 Å². The number of benzene rings is 1. The van der Waals surface area contributed by atoms with Gasteiger partial charge in [0.05, 0.1) is 5.02 Å². The Morgan fingerprint density at radius 2 is 2.16 bits per heavy atom. The standard InChI is InChI=1S/C14H17ClFNO2/c1-9(14(18)17-10-4-2-3-5-10)19-11-6-7-13(16)12(15)8-11/h6-10H,2-5H2,1H3,(H,17,18)/t9-/m1/s1. The van der Waals surface area contributed by atoms with Gasteiger partial charge in [0.2, 0.25) is 0 Å². The number of rotatable bonds is 4. The van der Waals surface area contributed by atoms with Crippen LogP contribution in [0.2, 0.25) is 5.02 Å². The molecule has 1 aromatic rings. The molecule has 0 bridgehead atoms. The molecule has 1 amide bonds. The highest BCUT2D eigenvalue weighted by Crippen LogP contribution is 2.22. The van der Waals surface area contributed by atoms with Crippen LogP contribution >= 0.6 is 11.6 Å². The van der Waals surface area contributed by atoms with Gasteiger partial charge in [-0.05, 0) is 31.9 Å². The number of carbonyl (C=O) groups excluding carboxylic acids is 1. The molecule has 3 nitrogen and oxygen atoms in total. The zero-order chi connectivity index (χ0) is 13.8. The van der Waals surface area contributed by atoms with E-state index in [4.69, 9.17) is 16.3 Å². The Hall–Kier alpha value is -1.29. The maximum absolute atomic E-state index is 13.0. The molecular formula is C14H17ClFNO2. The molecule has 0 saturated heterocycles. The third kappa shape index (κ3) is 3.83. The fourth-order valence-electron chi connectivity index (χ4n) is 2.20. The van der Waals surface area contributed by atoms with Gasteiger partial charge in [0, 0.05) is 12.1 Å². The van der Waals surface area contributed by atoms with E-state index in [2.05, 4.69) is 5.32 Å². The highest BCUT2D eigenvalue weighted by atomic mass is 35.5. The van der Waals surface area contributed by atoms with Crippen molar-refractivity contribution in [2.24, 2.45) is 0 Å². The summed E-state index contributed by atoms with van der Waals surface area (Å²) in [5, 5.41) is 2.94. The monoisotopic (exact) mass is 285 g/mol. The Labute approximate surface area is 117 Å². The minimum Gasteiger partial charge on any atom is -0.481 e. The summed E-state index contributed by atoms with van der Waals surface area (Å²) < 4.78 is 18.5. The summed E-state index contributed by atoms with van der Waals surface area (Å²) in [6.07, 6.45) is 3.76. The number of nitrogens with one attached hydrogen (secondary N) is 1. The number of ether oxygens (including phenoxy) is 1. The summed E-state index contributed by atoms with van der Waals surface area (Å²) in [5.74, 6) is -0.259. The first kappa shape index (κ1) is 14.1. The van der Waals surface area contributed by atoms with Crippen LogP contribution in [0.1, 0.15) is 32.6 Å². The maximum atomic E-state index is 13.0. The van der Waals surface area contributed by atoms with Gasteiger partial charge in [0.1, 0.15) is 11.6 Å². The van der Waals surface area contributed by atoms with Crippen LogP contribution in [0.25, 0.3) is 0 Å². The molecule has 104 valence electrons. The van der Waals surface area contributed by atoms with Crippen LogP contribution in [-0.4, -0.2) is 18.1 Å². The zero-order valence-electron chi connectivity index (χ0n) is 10.8. The predicted octanol–water partition coefficient (Wildman–Crippen LogP) is 3.31. The van der Waals surface area contributed by atoms with Crippen molar-refractivity contribution in [3.05, 3.63) is 29.0 Å². The van der Waals surface area contributed by atoms with Crippen molar-refractivity contribution >= 4 is 17.5 Å². The zero-order valence-corrected chi connectivity index (χ0v) is 11.5. The molecule has 1 atom stereocenters. The van der Waals surface area contributed by atoms with Crippen molar-refractivity contribution in [2.75, 3.05) is 0 Å². The van der Waals surface area contributed by atoms with Crippen LogP contribution < -0.4 is 10.1 Å². The number of hydrogen-bond acceptors (Lipinski definition) is 2. The Morgan fingerprint density at radius 3 is 2.79 bits per heavy atom. The second-order valence-electron chi connectivity index (χ2n) is 4.83. The smallest absolute Gasteiger partial charge is 0.260 e. The molecule has 1 N–H and O–H groups in total. The number of amides is 1. The highest BCUT2D eigenvalue weighted by molar-refractivity contribution is 6.30. The van der Waals surface area contributed by atoms with Crippen molar-refractivity contribution in [1.29, 1.82) is 0 Å². The van der Waals surface area contributed by atoms with Crippen LogP contribution in [0.5, 0.6) is 5.75 Å². The molecule has 2 rings (SSSR count). The Balaban J connectivity index is 1.90. The highest BCUT2D eigenvalue weighted by Gasteiger charge is 2.21. The van der Waals surface area contributed by atoms with Crippen molar-refractivity contribution in [3.63, 3.8) is 0 Å². The summed E-state index contributed by atoms with van der Waals surface area (Å²) in [5.41, 5.74) is 0. The lowest BCUT2D eigenvalue weighted by atomic mass is 10.2. The minimum absolute atomic E-state index is 0.0131. The molecule has 1 aromatic carbocycles. The van der Waals surface area contributed by atoms with Gasteiger partial charge in [0.25, 0.3) is 5.91 Å². The molecular weight excluding hydrogens is 269 g/mol. The van der Waals surface area contributed by atoms with E-state index in [0.29, 0.717) is 5.75 Å². The van der Waals surface area contributed by atoms with E-state index in [1.807, 2.05) is 0 Å². The quantitative estimate of drug-likeness (QED) is 0.922. The van der Waals surface area contributed by atoms with Crippen molar-refractivity contribution < 1.29 is 13.9 Å². The Kier molecular flexibility index (Phi) is 4.64. The normalized spacial score (nSPS) is 17.2. The van der Waals surface area contributed by atoms with Crippen molar-refractivity contribution in [1.82, 2.24) is 5.32 Å². The lowest BCUT2D eigenvalue weighted by Gasteiger charge is -2.18. The SMILES string of the molecule is C[C@@H](Oc1ccc(F)c(Cl)c1)C(=O)NC1CCCC1. The lowest BCUT2D eigenvalue weighted by molar-refractivity contribution is -0.127. The first-order valence-corrected chi connectivity index (χ1v) is 6.86. The molecule has 1 fully saturated rings. The van der Waals surface area contributed by atoms with Crippen LogP contribution in [0.4, 0.5) is 4.39 Å². The van der Waals surface area contributed by atoms with E-state index in [-0.39, 0.29) is 17.0 Å². The molecule has 0 aliphatic heterocycles. The number of carbonyl (C=O) groups is 1. The maximum Gasteiger partial charge on any atom is 0.260 e. The molecule has 0 spiro atoms. The molecule has 1 aliphatic carbocycles. The third-order valence-corrected chi connectivity index (χ3v) is 3.56. The van der Waals surface area contributed by atoms with E-state index in [1.54, 1.807) is 6.92 Å². The van der Waals surface area contributed by atoms with E-state index < -0.39 is 11.9 Å².